The van der Waals surface area contributed by atoms with Gasteiger partial charge in [-0.25, -0.2) is 4.79 Å². The van der Waals surface area contributed by atoms with Crippen LogP contribution in [0, 0.1) is 11.3 Å². The quantitative estimate of drug-likeness (QED) is 0.752. The molecule has 0 saturated heterocycles. The van der Waals surface area contributed by atoms with Crippen LogP contribution in [0.15, 0.2) is 48.5 Å². The number of nitriles is 1. The van der Waals surface area contributed by atoms with Crippen LogP contribution >= 0.6 is 0 Å². The number of benzene rings is 2. The van der Waals surface area contributed by atoms with Crippen LogP contribution in [-0.4, -0.2) is 18.1 Å². The van der Waals surface area contributed by atoms with Crippen molar-refractivity contribution in [3.63, 3.8) is 0 Å². The van der Waals surface area contributed by atoms with E-state index in [4.69, 9.17) is 10.00 Å². The molecule has 1 heterocycles. The van der Waals surface area contributed by atoms with Gasteiger partial charge < -0.3 is 9.72 Å². The first-order chi connectivity index (χ1) is 10.7. The molecule has 0 saturated carbocycles. The molecule has 22 heavy (non-hydrogen) atoms. The lowest BCUT2D eigenvalue weighted by Crippen LogP contribution is -2.05. The van der Waals surface area contributed by atoms with Crippen molar-refractivity contribution in [3.8, 4) is 6.07 Å². The number of carbonyl (C=O) groups is 1. The zero-order valence-corrected chi connectivity index (χ0v) is 12.1. The van der Waals surface area contributed by atoms with Crippen molar-refractivity contribution in [2.75, 3.05) is 7.11 Å². The molecule has 108 valence electrons. The number of aromatic amines is 1. The third-order valence-electron chi connectivity index (χ3n) is 3.65. The highest BCUT2D eigenvalue weighted by molar-refractivity contribution is 5.98. The molecule has 1 aromatic heterocycles. The molecule has 0 atom stereocenters. The summed E-state index contributed by atoms with van der Waals surface area (Å²) in [6, 6.07) is 17.4. The average molecular weight is 290 g/mol. The molecule has 0 aliphatic heterocycles. The number of hydrogen-bond acceptors (Lipinski definition) is 3. The molecular formula is C18H14N2O2. The summed E-state index contributed by atoms with van der Waals surface area (Å²) in [7, 11) is 1.36. The summed E-state index contributed by atoms with van der Waals surface area (Å²) in [5.41, 5.74) is 3.78. The summed E-state index contributed by atoms with van der Waals surface area (Å²) >= 11 is 0. The summed E-state index contributed by atoms with van der Waals surface area (Å²) < 4.78 is 4.87. The van der Waals surface area contributed by atoms with Gasteiger partial charge in [-0.2, -0.15) is 5.26 Å². The molecule has 3 rings (SSSR count). The lowest BCUT2D eigenvalue weighted by Gasteiger charge is -2.04. The lowest BCUT2D eigenvalue weighted by molar-refractivity contribution is 0.0594. The Balaban J connectivity index is 2.19. The van der Waals surface area contributed by atoms with Crippen molar-refractivity contribution in [2.24, 2.45) is 0 Å². The molecule has 4 heteroatoms. The lowest BCUT2D eigenvalue weighted by atomic mass is 10.0. The molecular weight excluding hydrogens is 276 g/mol. The van der Waals surface area contributed by atoms with Crippen molar-refractivity contribution in [1.82, 2.24) is 4.98 Å². The Bertz CT molecular complexity index is 873. The van der Waals surface area contributed by atoms with Crippen LogP contribution in [0.5, 0.6) is 0 Å². The number of nitrogens with one attached hydrogen (secondary N) is 1. The standard InChI is InChI=1S/C18H14N2O2/c1-22-18(21)17-15(9-12-5-3-2-4-6-12)14-10-13(11-19)7-8-16(14)20-17/h2-8,10,20H,9H2,1H3. The number of nitrogens with zero attached hydrogens (tertiary/aromatic N) is 1. The average Bonchev–Trinajstić information content (AvgIpc) is 2.93. The van der Waals surface area contributed by atoms with E-state index in [1.54, 1.807) is 12.1 Å². The molecule has 0 aliphatic carbocycles. The van der Waals surface area contributed by atoms with Crippen LogP contribution < -0.4 is 0 Å². The van der Waals surface area contributed by atoms with Crippen LogP contribution in [0.25, 0.3) is 10.9 Å². The smallest absolute Gasteiger partial charge is 0.354 e. The number of rotatable bonds is 3. The van der Waals surface area contributed by atoms with E-state index in [0.29, 0.717) is 17.7 Å². The number of H-pyrrole nitrogens is 1. The third-order valence-corrected chi connectivity index (χ3v) is 3.65. The summed E-state index contributed by atoms with van der Waals surface area (Å²) in [6.45, 7) is 0. The van der Waals surface area contributed by atoms with E-state index in [9.17, 15) is 4.79 Å². The van der Waals surface area contributed by atoms with E-state index in [1.807, 2.05) is 36.4 Å². The zero-order chi connectivity index (χ0) is 15.5. The van der Waals surface area contributed by atoms with Crippen LogP contribution in [0.1, 0.15) is 27.2 Å². The van der Waals surface area contributed by atoms with Crippen molar-refractivity contribution >= 4 is 16.9 Å². The minimum Gasteiger partial charge on any atom is -0.464 e. The van der Waals surface area contributed by atoms with Gasteiger partial charge in [-0.05, 0) is 29.3 Å². The van der Waals surface area contributed by atoms with E-state index in [0.717, 1.165) is 22.0 Å². The van der Waals surface area contributed by atoms with Gasteiger partial charge >= 0.3 is 5.97 Å². The molecule has 1 N–H and O–H groups in total. The van der Waals surface area contributed by atoms with Gasteiger partial charge in [-0.15, -0.1) is 0 Å². The molecule has 0 aliphatic rings. The normalized spacial score (nSPS) is 10.4. The first-order valence-electron chi connectivity index (χ1n) is 6.90. The SMILES string of the molecule is COC(=O)c1[nH]c2ccc(C#N)cc2c1Cc1ccccc1. The van der Waals surface area contributed by atoms with Gasteiger partial charge in [0.2, 0.25) is 0 Å². The topological polar surface area (TPSA) is 65.9 Å². The third kappa shape index (κ3) is 2.45. The largest absolute Gasteiger partial charge is 0.464 e. The maximum Gasteiger partial charge on any atom is 0.354 e. The van der Waals surface area contributed by atoms with Gasteiger partial charge in [0.15, 0.2) is 0 Å². The fraction of sp³-hybridized carbons (Fsp3) is 0.111. The maximum atomic E-state index is 12.0. The predicted octanol–water partition coefficient (Wildman–Crippen LogP) is 3.42. The molecule has 2 aromatic carbocycles. The minimum absolute atomic E-state index is 0.402. The van der Waals surface area contributed by atoms with Gasteiger partial charge in [-0.1, -0.05) is 30.3 Å². The van der Waals surface area contributed by atoms with Gasteiger partial charge in [0.25, 0.3) is 0 Å². The maximum absolute atomic E-state index is 12.0. The van der Waals surface area contributed by atoms with Crippen molar-refractivity contribution in [3.05, 3.63) is 70.9 Å². The second-order valence-electron chi connectivity index (χ2n) is 5.00. The van der Waals surface area contributed by atoms with Crippen LogP contribution in [0.2, 0.25) is 0 Å². The highest BCUT2D eigenvalue weighted by Crippen LogP contribution is 2.26. The van der Waals surface area contributed by atoms with Gasteiger partial charge in [-0.3, -0.25) is 0 Å². The molecule has 0 radical (unpaired) electrons. The number of esters is 1. The molecule has 0 spiro atoms. The van der Waals surface area contributed by atoms with E-state index in [2.05, 4.69) is 11.1 Å². The van der Waals surface area contributed by atoms with E-state index in [-0.39, 0.29) is 0 Å². The highest BCUT2D eigenvalue weighted by atomic mass is 16.5. The zero-order valence-electron chi connectivity index (χ0n) is 12.1. The second kappa shape index (κ2) is 5.74. The monoisotopic (exact) mass is 290 g/mol. The molecule has 4 nitrogen and oxygen atoms in total. The molecule has 0 fully saturated rings. The number of fused-ring (bicyclic) bond motifs is 1. The van der Waals surface area contributed by atoms with E-state index < -0.39 is 5.97 Å². The Kier molecular flexibility index (Phi) is 3.63. The van der Waals surface area contributed by atoms with Gasteiger partial charge in [0.1, 0.15) is 5.69 Å². The molecule has 0 amide bonds. The number of aromatic nitrogens is 1. The predicted molar refractivity (Wildman–Crippen MR) is 83.6 cm³/mol. The van der Waals surface area contributed by atoms with E-state index in [1.165, 1.54) is 7.11 Å². The molecule has 0 bridgehead atoms. The first kappa shape index (κ1) is 13.9. The van der Waals surface area contributed by atoms with E-state index >= 15 is 0 Å². The fourth-order valence-corrected chi connectivity index (χ4v) is 2.58. The summed E-state index contributed by atoms with van der Waals surface area (Å²) in [6.07, 6.45) is 0.597. The second-order valence-corrected chi connectivity index (χ2v) is 5.00. The van der Waals surface area contributed by atoms with Gasteiger partial charge in [0, 0.05) is 17.3 Å². The Morgan fingerprint density at radius 3 is 2.68 bits per heavy atom. The van der Waals surface area contributed by atoms with Gasteiger partial charge in [0.05, 0.1) is 18.7 Å². The summed E-state index contributed by atoms with van der Waals surface area (Å²) in [4.78, 5) is 15.1. The Morgan fingerprint density at radius 1 is 1.23 bits per heavy atom. The Hall–Kier alpha value is -3.06. The Morgan fingerprint density at radius 2 is 2.00 bits per heavy atom. The first-order valence-corrected chi connectivity index (χ1v) is 6.90. The van der Waals surface area contributed by atoms with Crippen molar-refractivity contribution < 1.29 is 9.53 Å². The highest BCUT2D eigenvalue weighted by Gasteiger charge is 2.18. The van der Waals surface area contributed by atoms with Crippen molar-refractivity contribution in [2.45, 2.75) is 6.42 Å². The molecule has 3 aromatic rings. The number of methoxy groups -OCH3 is 1. The summed E-state index contributed by atoms with van der Waals surface area (Å²) in [5, 5.41) is 9.97. The number of carbonyl (C=O) groups excluding carboxylic acids is 1. The van der Waals surface area contributed by atoms with Crippen LogP contribution in [0.4, 0.5) is 0 Å². The van der Waals surface area contributed by atoms with Crippen LogP contribution in [0.3, 0.4) is 0 Å². The van der Waals surface area contributed by atoms with Crippen molar-refractivity contribution in [1.29, 1.82) is 5.26 Å². The number of ether oxygens (including phenoxy) is 1. The minimum atomic E-state index is -0.402. The number of hydrogen-bond donors (Lipinski definition) is 1. The summed E-state index contributed by atoms with van der Waals surface area (Å²) in [5.74, 6) is -0.402. The Labute approximate surface area is 128 Å². The fourth-order valence-electron chi connectivity index (χ4n) is 2.58. The molecule has 0 unspecified atom stereocenters. The van der Waals surface area contributed by atoms with Crippen LogP contribution in [-0.2, 0) is 11.2 Å².